The van der Waals surface area contributed by atoms with E-state index in [0.717, 1.165) is 6.07 Å². The highest BCUT2D eigenvalue weighted by Crippen LogP contribution is 2.40. The summed E-state index contributed by atoms with van der Waals surface area (Å²) in [6, 6.07) is 9.66. The number of hydrogen-bond acceptors (Lipinski definition) is 9. The Morgan fingerprint density at radius 3 is 2.26 bits per heavy atom. The number of ether oxygens (including phenoxy) is 2. The zero-order chi connectivity index (χ0) is 22.3. The molecule has 0 saturated carbocycles. The Hall–Kier alpha value is -3.15. The van der Waals surface area contributed by atoms with Gasteiger partial charge in [-0.15, -0.1) is 0 Å². The summed E-state index contributed by atoms with van der Waals surface area (Å²) in [4.78, 5) is 0. The third kappa shape index (κ3) is 3.94. The molecule has 7 N–H and O–H groups in total. The highest BCUT2D eigenvalue weighted by atomic mass is 16.7. The van der Waals surface area contributed by atoms with E-state index >= 15 is 0 Å². The van der Waals surface area contributed by atoms with Gasteiger partial charge in [-0.05, 0) is 24.3 Å². The molecule has 1 aromatic heterocycles. The Morgan fingerprint density at radius 2 is 1.58 bits per heavy atom. The number of aliphatic hydroxyl groups excluding tert-OH is 4. The number of phenols is 3. The van der Waals surface area contributed by atoms with Crippen molar-refractivity contribution in [3.05, 3.63) is 42.5 Å². The minimum Gasteiger partial charge on any atom is -0.508 e. The first-order valence-electron chi connectivity index (χ1n) is 9.38. The van der Waals surface area contributed by atoms with E-state index < -0.39 is 37.3 Å². The molecule has 5 atom stereocenters. The van der Waals surface area contributed by atoms with E-state index in [1.54, 1.807) is 0 Å². The average molecular weight is 433 g/mol. The Kier molecular flexibility index (Phi) is 5.56. The van der Waals surface area contributed by atoms with Crippen molar-refractivity contribution < 1.29 is 49.6 Å². The molecule has 164 valence electrons. The van der Waals surface area contributed by atoms with Gasteiger partial charge in [0.2, 0.25) is 12.0 Å². The number of benzene rings is 2. The molecular formula is C21H21O10+. The molecular weight excluding hydrogens is 412 g/mol. The monoisotopic (exact) mass is 433 g/mol. The Bertz CT molecular complexity index is 1080. The van der Waals surface area contributed by atoms with Crippen molar-refractivity contribution in [2.24, 2.45) is 0 Å². The Balaban J connectivity index is 1.81. The Morgan fingerprint density at radius 1 is 0.871 bits per heavy atom. The van der Waals surface area contributed by atoms with Gasteiger partial charge in [-0.2, -0.15) is 0 Å². The van der Waals surface area contributed by atoms with Crippen LogP contribution in [-0.2, 0) is 4.74 Å². The van der Waals surface area contributed by atoms with Crippen LogP contribution >= 0.6 is 0 Å². The smallest absolute Gasteiger partial charge is 0.402 e. The van der Waals surface area contributed by atoms with Crippen molar-refractivity contribution in [2.45, 2.75) is 30.7 Å². The quantitative estimate of drug-likeness (QED) is 0.290. The summed E-state index contributed by atoms with van der Waals surface area (Å²) >= 11 is 0. The van der Waals surface area contributed by atoms with Crippen LogP contribution in [0.1, 0.15) is 0 Å². The van der Waals surface area contributed by atoms with E-state index in [1.165, 1.54) is 36.4 Å². The summed E-state index contributed by atoms with van der Waals surface area (Å²) in [5.74, 6) is -0.420. The van der Waals surface area contributed by atoms with Gasteiger partial charge in [0.25, 0.3) is 0 Å². The first-order valence-corrected chi connectivity index (χ1v) is 9.38. The van der Waals surface area contributed by atoms with Crippen LogP contribution in [0.5, 0.6) is 23.0 Å². The summed E-state index contributed by atoms with van der Waals surface area (Å²) < 4.78 is 17.0. The lowest BCUT2D eigenvalue weighted by molar-refractivity contribution is -0.277. The van der Waals surface area contributed by atoms with E-state index in [2.05, 4.69) is 0 Å². The summed E-state index contributed by atoms with van der Waals surface area (Å²) in [7, 11) is 0. The predicted octanol–water partition coefficient (Wildman–Crippen LogP) is 0.676. The highest BCUT2D eigenvalue weighted by Gasteiger charge is 2.45. The first-order chi connectivity index (χ1) is 14.8. The molecule has 31 heavy (non-hydrogen) atoms. The predicted molar refractivity (Wildman–Crippen MR) is 105 cm³/mol. The fourth-order valence-electron chi connectivity index (χ4n) is 3.38. The van der Waals surface area contributed by atoms with Crippen molar-refractivity contribution >= 4 is 11.0 Å². The van der Waals surface area contributed by atoms with Gasteiger partial charge in [0.1, 0.15) is 47.1 Å². The second kappa shape index (κ2) is 8.17. The lowest BCUT2D eigenvalue weighted by Crippen LogP contribution is -2.60. The van der Waals surface area contributed by atoms with Crippen LogP contribution in [0.3, 0.4) is 0 Å². The molecule has 0 radical (unpaired) electrons. The van der Waals surface area contributed by atoms with Crippen LogP contribution in [0, 0.1) is 0 Å². The SMILES string of the molecule is OC[C@@H]1O[C@H](Oc2cc3c(O)cc(O)cc3[o+]c2-c2ccc(O)cc2)[C@H](O)[C@H](O)[C@@H]1O. The van der Waals surface area contributed by atoms with Gasteiger partial charge in [0, 0.05) is 12.1 Å². The molecule has 1 aliphatic rings. The maximum atomic E-state index is 10.3. The molecule has 10 nitrogen and oxygen atoms in total. The minimum atomic E-state index is -1.66. The number of fused-ring (bicyclic) bond motifs is 1. The van der Waals surface area contributed by atoms with Crippen LogP contribution in [0.15, 0.2) is 46.9 Å². The van der Waals surface area contributed by atoms with Crippen LogP contribution in [0.4, 0.5) is 0 Å². The van der Waals surface area contributed by atoms with Gasteiger partial charge >= 0.3 is 11.3 Å². The highest BCUT2D eigenvalue weighted by molar-refractivity contribution is 5.88. The van der Waals surface area contributed by atoms with Crippen molar-refractivity contribution in [2.75, 3.05) is 6.61 Å². The minimum absolute atomic E-state index is 0.0104. The number of hydrogen-bond donors (Lipinski definition) is 7. The zero-order valence-electron chi connectivity index (χ0n) is 16.0. The molecule has 1 saturated heterocycles. The van der Waals surface area contributed by atoms with Crippen molar-refractivity contribution in [3.8, 4) is 34.3 Å². The molecule has 10 heteroatoms. The normalized spacial score (nSPS) is 26.1. The zero-order valence-corrected chi connectivity index (χ0v) is 16.0. The lowest BCUT2D eigenvalue weighted by atomic mass is 9.99. The number of rotatable bonds is 4. The summed E-state index contributed by atoms with van der Waals surface area (Å²) in [6.45, 7) is -0.627. The molecule has 0 spiro atoms. The first kappa shape index (κ1) is 21.1. The third-order valence-electron chi connectivity index (χ3n) is 5.04. The molecule has 0 amide bonds. The molecule has 3 aromatic rings. The second-order valence-corrected chi connectivity index (χ2v) is 7.18. The molecule has 2 aromatic carbocycles. The number of aliphatic hydroxyl groups is 4. The molecule has 1 aliphatic heterocycles. The van der Waals surface area contributed by atoms with Crippen LogP contribution in [0.25, 0.3) is 22.3 Å². The van der Waals surface area contributed by atoms with Gasteiger partial charge in [-0.25, -0.2) is 4.42 Å². The van der Waals surface area contributed by atoms with Crippen LogP contribution < -0.4 is 4.74 Å². The van der Waals surface area contributed by atoms with Crippen molar-refractivity contribution in [3.63, 3.8) is 0 Å². The van der Waals surface area contributed by atoms with Crippen LogP contribution in [-0.4, -0.2) is 73.1 Å². The molecule has 0 bridgehead atoms. The van der Waals surface area contributed by atoms with E-state index in [9.17, 15) is 35.7 Å². The maximum Gasteiger partial charge on any atom is 0.402 e. The number of phenolic OH excluding ortho intramolecular Hbond substituents is 3. The molecule has 4 rings (SSSR count). The van der Waals surface area contributed by atoms with E-state index in [1.807, 2.05) is 0 Å². The van der Waals surface area contributed by atoms with Gasteiger partial charge in [-0.1, -0.05) is 0 Å². The average Bonchev–Trinajstić information content (AvgIpc) is 2.74. The summed E-state index contributed by atoms with van der Waals surface area (Å²) in [6.07, 6.45) is -7.52. The van der Waals surface area contributed by atoms with Gasteiger partial charge in [0.15, 0.2) is 0 Å². The number of aromatic hydroxyl groups is 3. The molecule has 1 fully saturated rings. The van der Waals surface area contributed by atoms with Crippen LogP contribution in [0.2, 0.25) is 0 Å². The van der Waals surface area contributed by atoms with E-state index in [0.29, 0.717) is 5.56 Å². The third-order valence-corrected chi connectivity index (χ3v) is 5.04. The molecule has 2 heterocycles. The maximum absolute atomic E-state index is 10.3. The van der Waals surface area contributed by atoms with Gasteiger partial charge in [-0.3, -0.25) is 0 Å². The van der Waals surface area contributed by atoms with Crippen molar-refractivity contribution in [1.82, 2.24) is 0 Å². The van der Waals surface area contributed by atoms with Crippen molar-refractivity contribution in [1.29, 1.82) is 0 Å². The Labute approximate surface area is 175 Å². The standard InChI is InChI=1S/C21H20O10/c22-8-16-17(26)18(27)19(28)21(31-16)30-15-7-12-13(25)5-11(24)6-14(12)29-20(15)9-1-3-10(23)4-2-9/h1-7,16-19,21-22,26-28H,8H2,(H2-,23,24,25)/p+1/t16-,17+,18+,19+,21-/m0/s1. The topological polar surface area (TPSA) is 171 Å². The summed E-state index contributed by atoms with van der Waals surface area (Å²) in [5, 5.41) is 69.4. The lowest BCUT2D eigenvalue weighted by Gasteiger charge is -2.39. The largest absolute Gasteiger partial charge is 0.508 e. The fraction of sp³-hybridized carbons (Fsp3) is 0.286. The molecule has 0 aliphatic carbocycles. The van der Waals surface area contributed by atoms with E-state index in [4.69, 9.17) is 13.9 Å². The molecule has 0 unspecified atom stereocenters. The van der Waals surface area contributed by atoms with Gasteiger partial charge < -0.3 is 45.2 Å². The fourth-order valence-corrected chi connectivity index (χ4v) is 3.38. The van der Waals surface area contributed by atoms with Gasteiger partial charge in [0.05, 0.1) is 18.2 Å². The van der Waals surface area contributed by atoms with E-state index in [-0.39, 0.29) is 39.7 Å². The summed E-state index contributed by atoms with van der Waals surface area (Å²) in [5.41, 5.74) is 0.573. The second-order valence-electron chi connectivity index (χ2n) is 7.18.